The minimum absolute atomic E-state index is 0.163. The van der Waals surface area contributed by atoms with Gasteiger partial charge in [0.2, 0.25) is 5.91 Å². The summed E-state index contributed by atoms with van der Waals surface area (Å²) in [5.74, 6) is -0.667. The minimum Gasteiger partial charge on any atom is -0.329 e. The molecule has 0 saturated heterocycles. The standard InChI is InChI=1S/C18H17Cl2N5O3/c1-11(26)23-13-4-2-12(3-5-13)9-22-25-17(27)10-21-18(28)24-14-6-7-15(19)16(20)8-14/h2-9H,10H2,1H3,(H,23,26)(H,25,27)(H2,21,24,28). The summed E-state index contributed by atoms with van der Waals surface area (Å²) in [7, 11) is 0. The zero-order valence-electron chi connectivity index (χ0n) is 14.8. The van der Waals surface area contributed by atoms with Crippen molar-refractivity contribution in [3.8, 4) is 0 Å². The summed E-state index contributed by atoms with van der Waals surface area (Å²) < 4.78 is 0. The summed E-state index contributed by atoms with van der Waals surface area (Å²) in [6.45, 7) is 1.15. The number of amides is 4. The maximum Gasteiger partial charge on any atom is 0.319 e. The Balaban J connectivity index is 1.74. The van der Waals surface area contributed by atoms with Crippen LogP contribution in [0.1, 0.15) is 12.5 Å². The maximum absolute atomic E-state index is 11.8. The summed E-state index contributed by atoms with van der Waals surface area (Å²) in [5.41, 5.74) is 4.11. The van der Waals surface area contributed by atoms with Crippen LogP contribution in [0.3, 0.4) is 0 Å². The number of halogens is 2. The minimum atomic E-state index is -0.578. The van der Waals surface area contributed by atoms with E-state index < -0.39 is 11.9 Å². The lowest BCUT2D eigenvalue weighted by Gasteiger charge is -2.07. The van der Waals surface area contributed by atoms with Gasteiger partial charge in [-0.1, -0.05) is 35.3 Å². The summed E-state index contributed by atoms with van der Waals surface area (Å²) in [4.78, 5) is 34.4. The van der Waals surface area contributed by atoms with Crippen molar-refractivity contribution in [2.75, 3.05) is 17.2 Å². The van der Waals surface area contributed by atoms with E-state index in [0.717, 1.165) is 5.56 Å². The summed E-state index contributed by atoms with van der Waals surface area (Å²) in [6.07, 6.45) is 1.44. The van der Waals surface area contributed by atoms with E-state index in [1.807, 2.05) is 0 Å². The lowest BCUT2D eigenvalue weighted by Crippen LogP contribution is -2.37. The molecule has 2 aromatic rings. The molecule has 0 atom stereocenters. The number of nitrogens with one attached hydrogen (secondary N) is 4. The van der Waals surface area contributed by atoms with Crippen molar-refractivity contribution in [3.63, 3.8) is 0 Å². The average Bonchev–Trinajstić information content (AvgIpc) is 2.64. The predicted molar refractivity (Wildman–Crippen MR) is 110 cm³/mol. The van der Waals surface area contributed by atoms with Crippen molar-refractivity contribution >= 4 is 58.6 Å². The van der Waals surface area contributed by atoms with E-state index in [-0.39, 0.29) is 12.5 Å². The quantitative estimate of drug-likeness (QED) is 0.424. The van der Waals surface area contributed by atoms with Gasteiger partial charge in [0.1, 0.15) is 6.54 Å². The topological polar surface area (TPSA) is 112 Å². The molecule has 0 aliphatic carbocycles. The molecule has 8 nitrogen and oxygen atoms in total. The van der Waals surface area contributed by atoms with Crippen LogP contribution in [0.2, 0.25) is 10.0 Å². The molecule has 0 unspecified atom stereocenters. The fraction of sp³-hybridized carbons (Fsp3) is 0.111. The van der Waals surface area contributed by atoms with Gasteiger partial charge in [-0.2, -0.15) is 5.10 Å². The first-order chi connectivity index (χ1) is 13.3. The van der Waals surface area contributed by atoms with Crippen LogP contribution in [0.25, 0.3) is 0 Å². The highest BCUT2D eigenvalue weighted by Crippen LogP contribution is 2.24. The smallest absolute Gasteiger partial charge is 0.319 e. The monoisotopic (exact) mass is 421 g/mol. The Labute approximate surface area is 171 Å². The van der Waals surface area contributed by atoms with Gasteiger partial charge in [-0.05, 0) is 35.9 Å². The van der Waals surface area contributed by atoms with Gasteiger partial charge in [0.05, 0.1) is 16.3 Å². The van der Waals surface area contributed by atoms with Crippen molar-refractivity contribution in [2.24, 2.45) is 5.10 Å². The molecule has 0 fully saturated rings. The van der Waals surface area contributed by atoms with Crippen molar-refractivity contribution in [1.29, 1.82) is 0 Å². The van der Waals surface area contributed by atoms with Gasteiger partial charge in [-0.15, -0.1) is 0 Å². The lowest BCUT2D eigenvalue weighted by atomic mass is 10.2. The van der Waals surface area contributed by atoms with Gasteiger partial charge in [0.25, 0.3) is 5.91 Å². The highest BCUT2D eigenvalue weighted by atomic mass is 35.5. The number of hydrazone groups is 1. The third-order valence-corrected chi connectivity index (χ3v) is 3.96. The van der Waals surface area contributed by atoms with Gasteiger partial charge in [-0.3, -0.25) is 9.59 Å². The third kappa shape index (κ3) is 7.26. The van der Waals surface area contributed by atoms with Crippen LogP contribution in [0.4, 0.5) is 16.2 Å². The van der Waals surface area contributed by atoms with Crippen LogP contribution in [0.15, 0.2) is 47.6 Å². The zero-order valence-corrected chi connectivity index (χ0v) is 16.3. The SMILES string of the molecule is CC(=O)Nc1ccc(C=NNC(=O)CNC(=O)Nc2ccc(Cl)c(Cl)c2)cc1. The highest BCUT2D eigenvalue weighted by Gasteiger charge is 2.06. The van der Waals surface area contributed by atoms with Crippen molar-refractivity contribution in [1.82, 2.24) is 10.7 Å². The summed E-state index contributed by atoms with van der Waals surface area (Å²) >= 11 is 11.7. The molecule has 0 aromatic heterocycles. The molecule has 0 radical (unpaired) electrons. The molecular weight excluding hydrogens is 405 g/mol. The second kappa shape index (κ2) is 10.3. The summed E-state index contributed by atoms with van der Waals surface area (Å²) in [5, 5.41) is 12.0. The van der Waals surface area contributed by atoms with E-state index in [2.05, 4.69) is 26.5 Å². The van der Waals surface area contributed by atoms with Gasteiger partial charge < -0.3 is 16.0 Å². The van der Waals surface area contributed by atoms with E-state index >= 15 is 0 Å². The number of rotatable bonds is 6. The Morgan fingerprint density at radius 1 is 0.964 bits per heavy atom. The Bertz CT molecular complexity index is 901. The second-order valence-electron chi connectivity index (χ2n) is 5.53. The lowest BCUT2D eigenvalue weighted by molar-refractivity contribution is -0.120. The molecular formula is C18H17Cl2N5O3. The van der Waals surface area contributed by atoms with E-state index in [1.54, 1.807) is 36.4 Å². The van der Waals surface area contributed by atoms with Crippen molar-refractivity contribution in [2.45, 2.75) is 6.92 Å². The molecule has 0 spiro atoms. The highest BCUT2D eigenvalue weighted by molar-refractivity contribution is 6.42. The largest absolute Gasteiger partial charge is 0.329 e. The molecule has 10 heteroatoms. The Morgan fingerprint density at radius 2 is 1.64 bits per heavy atom. The molecule has 28 heavy (non-hydrogen) atoms. The number of nitrogens with zero attached hydrogens (tertiary/aromatic N) is 1. The maximum atomic E-state index is 11.8. The fourth-order valence-corrected chi connectivity index (χ4v) is 2.28. The predicted octanol–water partition coefficient (Wildman–Crippen LogP) is 3.22. The molecule has 0 saturated carbocycles. The molecule has 2 rings (SSSR count). The Morgan fingerprint density at radius 3 is 2.29 bits per heavy atom. The van der Waals surface area contributed by atoms with E-state index in [0.29, 0.717) is 21.4 Å². The first-order valence-electron chi connectivity index (χ1n) is 8.03. The number of carbonyl (C=O) groups excluding carboxylic acids is 3. The number of benzene rings is 2. The van der Waals surface area contributed by atoms with Crippen LogP contribution in [0, 0.1) is 0 Å². The second-order valence-corrected chi connectivity index (χ2v) is 6.35. The molecule has 0 heterocycles. The zero-order chi connectivity index (χ0) is 20.5. The first kappa shape index (κ1) is 21.2. The molecule has 0 aliphatic heterocycles. The number of hydrogen-bond acceptors (Lipinski definition) is 4. The third-order valence-electron chi connectivity index (χ3n) is 3.22. The normalized spacial score (nSPS) is 10.4. The molecule has 0 bridgehead atoms. The van der Waals surface area contributed by atoms with Gasteiger partial charge in [0, 0.05) is 18.3 Å². The van der Waals surface area contributed by atoms with Crippen LogP contribution >= 0.6 is 23.2 Å². The number of anilines is 2. The van der Waals surface area contributed by atoms with Crippen molar-refractivity contribution < 1.29 is 14.4 Å². The van der Waals surface area contributed by atoms with Crippen molar-refractivity contribution in [3.05, 3.63) is 58.1 Å². The van der Waals surface area contributed by atoms with Crippen LogP contribution in [-0.4, -0.2) is 30.6 Å². The van der Waals surface area contributed by atoms with Crippen LogP contribution in [0.5, 0.6) is 0 Å². The molecule has 2 aromatic carbocycles. The average molecular weight is 422 g/mol. The van der Waals surface area contributed by atoms with Crippen LogP contribution < -0.4 is 21.4 Å². The van der Waals surface area contributed by atoms with E-state index in [9.17, 15) is 14.4 Å². The van der Waals surface area contributed by atoms with Gasteiger partial charge in [-0.25, -0.2) is 10.2 Å². The Hall–Kier alpha value is -3.10. The molecule has 4 N–H and O–H groups in total. The van der Waals surface area contributed by atoms with E-state index in [1.165, 1.54) is 19.2 Å². The van der Waals surface area contributed by atoms with Crippen LogP contribution in [-0.2, 0) is 9.59 Å². The molecule has 4 amide bonds. The van der Waals surface area contributed by atoms with Gasteiger partial charge in [0.15, 0.2) is 0 Å². The number of hydrogen-bond donors (Lipinski definition) is 4. The number of urea groups is 1. The fourth-order valence-electron chi connectivity index (χ4n) is 1.98. The summed E-state index contributed by atoms with van der Waals surface area (Å²) in [6, 6.07) is 10.9. The van der Waals surface area contributed by atoms with E-state index in [4.69, 9.17) is 23.2 Å². The Kier molecular flexibility index (Phi) is 7.79. The van der Waals surface area contributed by atoms with Gasteiger partial charge >= 0.3 is 6.03 Å². The first-order valence-corrected chi connectivity index (χ1v) is 8.78. The molecule has 0 aliphatic rings. The number of carbonyl (C=O) groups is 3. The molecule has 146 valence electrons.